The Morgan fingerprint density at radius 3 is 2.71 bits per heavy atom. The van der Waals surface area contributed by atoms with E-state index in [9.17, 15) is 4.39 Å². The number of halogens is 2. The number of hydrogen-bond donors (Lipinski definition) is 1. The highest BCUT2D eigenvalue weighted by Gasteiger charge is 2.08. The van der Waals surface area contributed by atoms with Crippen LogP contribution in [0.4, 0.5) is 4.39 Å². The van der Waals surface area contributed by atoms with Crippen LogP contribution in [0.1, 0.15) is 0 Å². The molecule has 17 heavy (non-hydrogen) atoms. The lowest BCUT2D eigenvalue weighted by Gasteiger charge is -1.96. The van der Waals surface area contributed by atoms with Gasteiger partial charge in [0.2, 0.25) is 0 Å². The lowest BCUT2D eigenvalue weighted by atomic mass is 10.2. The topological polar surface area (TPSA) is 28.7 Å². The van der Waals surface area contributed by atoms with Gasteiger partial charge in [-0.2, -0.15) is 0 Å². The van der Waals surface area contributed by atoms with Gasteiger partial charge >= 0.3 is 0 Å². The Balaban J connectivity index is 2.22. The van der Waals surface area contributed by atoms with Gasteiger partial charge in [0.25, 0.3) is 0 Å². The Kier molecular flexibility index (Phi) is 2.58. The first-order chi connectivity index (χ1) is 8.24. The lowest BCUT2D eigenvalue weighted by molar-refractivity contribution is 0.637. The summed E-state index contributed by atoms with van der Waals surface area (Å²) in [4.78, 5) is 7.42. The highest BCUT2D eigenvalue weighted by atomic mass is 127. The molecule has 1 aromatic heterocycles. The first-order valence-corrected chi connectivity index (χ1v) is 6.22. The highest BCUT2D eigenvalue weighted by Crippen LogP contribution is 2.23. The number of hydrogen-bond acceptors (Lipinski definition) is 1. The van der Waals surface area contributed by atoms with Crippen LogP contribution in [0.3, 0.4) is 0 Å². The van der Waals surface area contributed by atoms with Gasteiger partial charge < -0.3 is 4.98 Å². The number of rotatable bonds is 1. The van der Waals surface area contributed by atoms with Gasteiger partial charge in [-0.15, -0.1) is 0 Å². The zero-order valence-electron chi connectivity index (χ0n) is 8.74. The predicted molar refractivity (Wildman–Crippen MR) is 74.2 cm³/mol. The van der Waals surface area contributed by atoms with E-state index in [2.05, 4.69) is 32.6 Å². The maximum atomic E-state index is 13.5. The molecule has 2 nitrogen and oxygen atoms in total. The molecule has 0 saturated heterocycles. The molecule has 0 bridgehead atoms. The third-order valence-corrected chi connectivity index (χ3v) is 3.23. The number of imidazole rings is 1. The Labute approximate surface area is 111 Å². The Hall–Kier alpha value is -1.43. The minimum atomic E-state index is -0.296. The summed E-state index contributed by atoms with van der Waals surface area (Å²) in [5.74, 6) is 0.402. The highest BCUT2D eigenvalue weighted by molar-refractivity contribution is 14.1. The van der Waals surface area contributed by atoms with Crippen LogP contribution in [-0.2, 0) is 0 Å². The van der Waals surface area contributed by atoms with Crippen LogP contribution in [0.25, 0.3) is 22.4 Å². The number of nitrogens with zero attached hydrogens (tertiary/aromatic N) is 1. The maximum Gasteiger partial charge on any atom is 0.151 e. The summed E-state index contributed by atoms with van der Waals surface area (Å²) >= 11 is 2.24. The van der Waals surface area contributed by atoms with Crippen molar-refractivity contribution in [3.63, 3.8) is 0 Å². The van der Waals surface area contributed by atoms with Crippen molar-refractivity contribution in [2.24, 2.45) is 0 Å². The quantitative estimate of drug-likeness (QED) is 0.668. The van der Waals surface area contributed by atoms with Gasteiger partial charge in [0, 0.05) is 9.13 Å². The average molecular weight is 338 g/mol. The van der Waals surface area contributed by atoms with E-state index in [1.807, 2.05) is 30.3 Å². The number of aromatic nitrogens is 2. The van der Waals surface area contributed by atoms with Crippen molar-refractivity contribution in [1.82, 2.24) is 9.97 Å². The van der Waals surface area contributed by atoms with Crippen LogP contribution in [-0.4, -0.2) is 9.97 Å². The summed E-state index contributed by atoms with van der Waals surface area (Å²) in [7, 11) is 0. The molecule has 1 heterocycles. The Bertz CT molecular complexity index is 691. The van der Waals surface area contributed by atoms with Gasteiger partial charge in [0.15, 0.2) is 5.82 Å². The zero-order chi connectivity index (χ0) is 11.8. The zero-order valence-corrected chi connectivity index (χ0v) is 10.9. The fourth-order valence-corrected chi connectivity index (χ4v) is 2.31. The van der Waals surface area contributed by atoms with Crippen molar-refractivity contribution >= 4 is 33.6 Å². The average Bonchev–Trinajstić information content (AvgIpc) is 2.74. The standard InChI is InChI=1S/C13H8FIN2/c14-10-5-2-6-11-12(10)17-13(16-11)8-3-1-4-9(15)7-8/h1-7H,(H,16,17). The van der Waals surface area contributed by atoms with E-state index in [-0.39, 0.29) is 5.82 Å². The largest absolute Gasteiger partial charge is 0.338 e. The number of H-pyrrole nitrogens is 1. The summed E-state index contributed by atoms with van der Waals surface area (Å²) in [5.41, 5.74) is 2.08. The van der Waals surface area contributed by atoms with E-state index in [1.165, 1.54) is 6.07 Å². The molecule has 0 aliphatic heterocycles. The van der Waals surface area contributed by atoms with E-state index < -0.39 is 0 Å². The predicted octanol–water partition coefficient (Wildman–Crippen LogP) is 3.97. The van der Waals surface area contributed by atoms with Crippen LogP contribution >= 0.6 is 22.6 Å². The molecular weight excluding hydrogens is 330 g/mol. The fraction of sp³-hybridized carbons (Fsp3) is 0. The minimum absolute atomic E-state index is 0.296. The molecule has 1 N–H and O–H groups in total. The first kappa shape index (κ1) is 10.7. The number of nitrogens with one attached hydrogen (secondary N) is 1. The number of benzene rings is 2. The van der Waals surface area contributed by atoms with E-state index in [0.29, 0.717) is 11.3 Å². The molecule has 3 aromatic rings. The summed E-state index contributed by atoms with van der Waals surface area (Å²) < 4.78 is 14.6. The van der Waals surface area contributed by atoms with E-state index in [4.69, 9.17) is 0 Å². The summed E-state index contributed by atoms with van der Waals surface area (Å²) in [5, 5.41) is 0. The van der Waals surface area contributed by atoms with Crippen molar-refractivity contribution in [1.29, 1.82) is 0 Å². The Morgan fingerprint density at radius 1 is 1.12 bits per heavy atom. The number of fused-ring (bicyclic) bond motifs is 1. The fourth-order valence-electron chi connectivity index (χ4n) is 1.77. The van der Waals surface area contributed by atoms with Gasteiger partial charge in [-0.3, -0.25) is 0 Å². The molecule has 4 heteroatoms. The Morgan fingerprint density at radius 2 is 1.94 bits per heavy atom. The van der Waals surface area contributed by atoms with Gasteiger partial charge in [-0.25, -0.2) is 9.37 Å². The van der Waals surface area contributed by atoms with Crippen molar-refractivity contribution in [3.8, 4) is 11.4 Å². The second-order valence-corrected chi connectivity index (χ2v) is 4.98. The molecule has 84 valence electrons. The molecule has 0 saturated carbocycles. The van der Waals surface area contributed by atoms with Gasteiger partial charge in [0.05, 0.1) is 5.52 Å². The van der Waals surface area contributed by atoms with Crippen molar-refractivity contribution in [2.75, 3.05) is 0 Å². The number of aromatic amines is 1. The molecule has 0 atom stereocenters. The summed E-state index contributed by atoms with van der Waals surface area (Å²) in [6.07, 6.45) is 0. The molecule has 0 spiro atoms. The first-order valence-electron chi connectivity index (χ1n) is 5.14. The van der Waals surface area contributed by atoms with Gasteiger partial charge in [-0.1, -0.05) is 18.2 Å². The molecule has 0 radical (unpaired) electrons. The van der Waals surface area contributed by atoms with E-state index in [0.717, 1.165) is 14.7 Å². The monoisotopic (exact) mass is 338 g/mol. The van der Waals surface area contributed by atoms with E-state index >= 15 is 0 Å². The van der Waals surface area contributed by atoms with Crippen LogP contribution in [0.15, 0.2) is 42.5 Å². The van der Waals surface area contributed by atoms with Crippen LogP contribution < -0.4 is 0 Å². The molecule has 0 aliphatic carbocycles. The second-order valence-electron chi connectivity index (χ2n) is 3.73. The third kappa shape index (κ3) is 1.93. The molecule has 0 amide bonds. The molecular formula is C13H8FIN2. The van der Waals surface area contributed by atoms with E-state index in [1.54, 1.807) is 6.07 Å². The van der Waals surface area contributed by atoms with Crippen LogP contribution in [0.5, 0.6) is 0 Å². The van der Waals surface area contributed by atoms with Crippen molar-refractivity contribution < 1.29 is 4.39 Å². The molecule has 0 unspecified atom stereocenters. The van der Waals surface area contributed by atoms with Crippen molar-refractivity contribution in [3.05, 3.63) is 51.9 Å². The molecule has 0 fully saturated rings. The van der Waals surface area contributed by atoms with Crippen molar-refractivity contribution in [2.45, 2.75) is 0 Å². The number of para-hydroxylation sites is 1. The van der Waals surface area contributed by atoms with Gasteiger partial charge in [-0.05, 0) is 46.9 Å². The smallest absolute Gasteiger partial charge is 0.151 e. The van der Waals surface area contributed by atoms with Crippen LogP contribution in [0.2, 0.25) is 0 Å². The molecule has 0 aliphatic rings. The molecule has 2 aromatic carbocycles. The SMILES string of the molecule is Fc1cccc2[nH]c(-c3cccc(I)c3)nc12. The summed E-state index contributed by atoms with van der Waals surface area (Å²) in [6.45, 7) is 0. The lowest BCUT2D eigenvalue weighted by Crippen LogP contribution is -1.81. The maximum absolute atomic E-state index is 13.5. The summed E-state index contributed by atoms with van der Waals surface area (Å²) in [6, 6.07) is 12.8. The third-order valence-electron chi connectivity index (χ3n) is 2.56. The minimum Gasteiger partial charge on any atom is -0.338 e. The molecule has 3 rings (SSSR count). The van der Waals surface area contributed by atoms with Crippen LogP contribution in [0, 0.1) is 9.39 Å². The second kappa shape index (κ2) is 4.10. The normalized spacial score (nSPS) is 10.9. The van der Waals surface area contributed by atoms with Gasteiger partial charge in [0.1, 0.15) is 11.3 Å².